The van der Waals surface area contributed by atoms with Gasteiger partial charge in [-0.3, -0.25) is 9.59 Å². The highest BCUT2D eigenvalue weighted by atomic mass is 32.2. The zero-order valence-electron chi connectivity index (χ0n) is 12.0. The number of thioether (sulfide) groups is 1. The van der Waals surface area contributed by atoms with Crippen molar-refractivity contribution in [3.63, 3.8) is 0 Å². The van der Waals surface area contributed by atoms with E-state index < -0.39 is 0 Å². The highest BCUT2D eigenvalue weighted by Crippen LogP contribution is 2.15. The number of hydrogen-bond acceptors (Lipinski definition) is 5. The van der Waals surface area contributed by atoms with Crippen molar-refractivity contribution >= 4 is 28.6 Å². The molecule has 0 saturated heterocycles. The minimum atomic E-state index is -0.314. The van der Waals surface area contributed by atoms with Crippen LogP contribution >= 0.6 is 11.8 Å². The standard InChI is InChI=1S/C14H18N4O2S/c1-3-9(2)16-12(19)8-21-14-17-11-7-5-4-6-10(11)13(20)18(14)15/h4-7,9H,3,8,15H2,1-2H3,(H,16,19)/t9-/m1/s1. The number of nitrogens with zero attached hydrogens (tertiary/aromatic N) is 2. The van der Waals surface area contributed by atoms with Crippen LogP contribution in [0.25, 0.3) is 10.9 Å². The predicted octanol–water partition coefficient (Wildman–Crippen LogP) is 1.12. The van der Waals surface area contributed by atoms with Gasteiger partial charge in [-0.1, -0.05) is 30.8 Å². The number of para-hydroxylation sites is 1. The molecule has 0 unspecified atom stereocenters. The molecule has 1 atom stereocenters. The Hall–Kier alpha value is -2.02. The van der Waals surface area contributed by atoms with E-state index in [1.807, 2.05) is 13.8 Å². The first-order valence-electron chi connectivity index (χ1n) is 6.72. The molecule has 2 rings (SSSR count). The molecule has 0 spiro atoms. The summed E-state index contributed by atoms with van der Waals surface area (Å²) >= 11 is 1.15. The highest BCUT2D eigenvalue weighted by molar-refractivity contribution is 7.99. The minimum Gasteiger partial charge on any atom is -0.353 e. The zero-order valence-corrected chi connectivity index (χ0v) is 12.8. The third kappa shape index (κ3) is 3.55. The monoisotopic (exact) mass is 306 g/mol. The van der Waals surface area contributed by atoms with Gasteiger partial charge in [0.2, 0.25) is 5.91 Å². The lowest BCUT2D eigenvalue weighted by Gasteiger charge is -2.11. The van der Waals surface area contributed by atoms with E-state index in [0.717, 1.165) is 22.9 Å². The SMILES string of the molecule is CC[C@@H](C)NC(=O)CSc1nc2ccccc2c(=O)n1N. The lowest BCUT2D eigenvalue weighted by molar-refractivity contribution is -0.119. The van der Waals surface area contributed by atoms with Gasteiger partial charge in [-0.05, 0) is 25.5 Å². The Balaban J connectivity index is 2.18. The van der Waals surface area contributed by atoms with E-state index in [1.165, 1.54) is 0 Å². The number of nitrogens with two attached hydrogens (primary N) is 1. The van der Waals surface area contributed by atoms with Crippen LogP contribution in [0.2, 0.25) is 0 Å². The molecule has 7 heteroatoms. The van der Waals surface area contributed by atoms with Crippen molar-refractivity contribution in [3.8, 4) is 0 Å². The summed E-state index contributed by atoms with van der Waals surface area (Å²) in [5.74, 6) is 5.82. The molecule has 1 aromatic carbocycles. The van der Waals surface area contributed by atoms with Crippen molar-refractivity contribution in [2.45, 2.75) is 31.5 Å². The molecule has 1 aromatic heterocycles. The van der Waals surface area contributed by atoms with Gasteiger partial charge in [0.05, 0.1) is 16.7 Å². The van der Waals surface area contributed by atoms with E-state index in [9.17, 15) is 9.59 Å². The molecule has 6 nitrogen and oxygen atoms in total. The summed E-state index contributed by atoms with van der Waals surface area (Å²) in [5, 5.41) is 3.65. The van der Waals surface area contributed by atoms with Crippen LogP contribution < -0.4 is 16.7 Å². The van der Waals surface area contributed by atoms with E-state index in [0.29, 0.717) is 16.1 Å². The number of aromatic nitrogens is 2. The Morgan fingerprint density at radius 3 is 2.90 bits per heavy atom. The van der Waals surface area contributed by atoms with Crippen molar-refractivity contribution < 1.29 is 4.79 Å². The number of nitrogen functional groups attached to an aromatic ring is 1. The first-order valence-corrected chi connectivity index (χ1v) is 7.70. The van der Waals surface area contributed by atoms with E-state index >= 15 is 0 Å². The van der Waals surface area contributed by atoms with Crippen LogP contribution in [0.5, 0.6) is 0 Å². The van der Waals surface area contributed by atoms with Crippen molar-refractivity contribution in [2.24, 2.45) is 0 Å². The molecule has 0 saturated carbocycles. The van der Waals surface area contributed by atoms with E-state index in [4.69, 9.17) is 5.84 Å². The Labute approximate surface area is 126 Å². The largest absolute Gasteiger partial charge is 0.353 e. The molecule has 1 heterocycles. The number of fused-ring (bicyclic) bond motifs is 1. The number of benzene rings is 1. The Kier molecular flexibility index (Phi) is 4.85. The van der Waals surface area contributed by atoms with Crippen LogP contribution in [0.3, 0.4) is 0 Å². The molecule has 0 aliphatic carbocycles. The summed E-state index contributed by atoms with van der Waals surface area (Å²) in [4.78, 5) is 28.2. The Bertz CT molecular complexity index is 714. The molecule has 2 aromatic rings. The lowest BCUT2D eigenvalue weighted by Crippen LogP contribution is -2.34. The van der Waals surface area contributed by atoms with Gasteiger partial charge in [0.25, 0.3) is 5.56 Å². The van der Waals surface area contributed by atoms with Crippen molar-refractivity contribution in [3.05, 3.63) is 34.6 Å². The van der Waals surface area contributed by atoms with Gasteiger partial charge in [-0.25, -0.2) is 9.66 Å². The number of nitrogens with one attached hydrogen (secondary N) is 1. The lowest BCUT2D eigenvalue weighted by atomic mass is 10.2. The number of hydrogen-bond donors (Lipinski definition) is 2. The molecule has 0 fully saturated rings. The van der Waals surface area contributed by atoms with Crippen LogP contribution in [-0.2, 0) is 4.79 Å². The predicted molar refractivity (Wildman–Crippen MR) is 84.8 cm³/mol. The third-order valence-electron chi connectivity index (χ3n) is 3.13. The van der Waals surface area contributed by atoms with Gasteiger partial charge in [0.1, 0.15) is 0 Å². The maximum atomic E-state index is 12.1. The van der Waals surface area contributed by atoms with Crippen LogP contribution in [0.1, 0.15) is 20.3 Å². The van der Waals surface area contributed by atoms with Gasteiger partial charge in [0, 0.05) is 6.04 Å². The summed E-state index contributed by atoms with van der Waals surface area (Å²) in [6, 6.07) is 7.12. The second-order valence-corrected chi connectivity index (χ2v) is 5.69. The van der Waals surface area contributed by atoms with Crippen LogP contribution in [-0.4, -0.2) is 27.4 Å². The molecule has 0 aliphatic heterocycles. The van der Waals surface area contributed by atoms with Crippen LogP contribution in [0.4, 0.5) is 0 Å². The summed E-state index contributed by atoms with van der Waals surface area (Å²) in [5.41, 5.74) is 0.263. The fourth-order valence-electron chi connectivity index (χ4n) is 1.78. The topological polar surface area (TPSA) is 90.0 Å². The van der Waals surface area contributed by atoms with Crippen LogP contribution in [0, 0.1) is 0 Å². The normalized spacial score (nSPS) is 12.3. The quantitative estimate of drug-likeness (QED) is 0.491. The molecule has 0 bridgehead atoms. The number of rotatable bonds is 5. The van der Waals surface area contributed by atoms with Crippen LogP contribution in [0.15, 0.2) is 34.2 Å². The van der Waals surface area contributed by atoms with E-state index in [-0.39, 0.29) is 23.3 Å². The average Bonchev–Trinajstić information content (AvgIpc) is 2.49. The molecule has 112 valence electrons. The Morgan fingerprint density at radius 1 is 1.48 bits per heavy atom. The van der Waals surface area contributed by atoms with E-state index in [2.05, 4.69) is 10.3 Å². The molecular weight excluding hydrogens is 288 g/mol. The van der Waals surface area contributed by atoms with E-state index in [1.54, 1.807) is 24.3 Å². The molecule has 1 amide bonds. The zero-order chi connectivity index (χ0) is 15.4. The third-order valence-corrected chi connectivity index (χ3v) is 4.08. The second-order valence-electron chi connectivity index (χ2n) is 4.75. The second kappa shape index (κ2) is 6.62. The average molecular weight is 306 g/mol. The molecular formula is C14H18N4O2S. The summed E-state index contributed by atoms with van der Waals surface area (Å²) in [6.07, 6.45) is 0.867. The fraction of sp³-hybridized carbons (Fsp3) is 0.357. The minimum absolute atomic E-state index is 0.100. The molecule has 21 heavy (non-hydrogen) atoms. The van der Waals surface area contributed by atoms with Gasteiger partial charge < -0.3 is 11.2 Å². The smallest absolute Gasteiger partial charge is 0.280 e. The molecule has 0 radical (unpaired) electrons. The molecule has 0 aliphatic rings. The van der Waals surface area contributed by atoms with Gasteiger partial charge >= 0.3 is 0 Å². The van der Waals surface area contributed by atoms with Gasteiger partial charge in [-0.2, -0.15) is 0 Å². The van der Waals surface area contributed by atoms with Crippen molar-refractivity contribution in [1.29, 1.82) is 0 Å². The number of amides is 1. The van der Waals surface area contributed by atoms with Gasteiger partial charge in [-0.15, -0.1) is 0 Å². The number of carbonyl (C=O) groups excluding carboxylic acids is 1. The van der Waals surface area contributed by atoms with Gasteiger partial charge in [0.15, 0.2) is 5.16 Å². The fourth-order valence-corrected chi connectivity index (χ4v) is 2.50. The van der Waals surface area contributed by atoms with Crippen molar-refractivity contribution in [1.82, 2.24) is 15.0 Å². The number of carbonyl (C=O) groups is 1. The summed E-state index contributed by atoms with van der Waals surface area (Å²) in [6.45, 7) is 3.94. The summed E-state index contributed by atoms with van der Waals surface area (Å²) < 4.78 is 0.990. The summed E-state index contributed by atoms with van der Waals surface area (Å²) in [7, 11) is 0. The first kappa shape index (κ1) is 15.4. The highest BCUT2D eigenvalue weighted by Gasteiger charge is 2.12. The maximum absolute atomic E-state index is 12.1. The Morgan fingerprint density at radius 2 is 2.19 bits per heavy atom. The first-order chi connectivity index (χ1) is 10.0. The molecule has 3 N–H and O–H groups in total. The van der Waals surface area contributed by atoms with Crippen molar-refractivity contribution in [2.75, 3.05) is 11.6 Å². The maximum Gasteiger partial charge on any atom is 0.280 e.